The second-order valence-corrected chi connectivity index (χ2v) is 9.54. The molecule has 0 spiro atoms. The van der Waals surface area contributed by atoms with Gasteiger partial charge in [-0.15, -0.1) is 11.3 Å². The number of benzene rings is 1. The van der Waals surface area contributed by atoms with E-state index in [0.717, 1.165) is 4.88 Å². The number of hydrogen-bond acceptors (Lipinski definition) is 5. The summed E-state index contributed by atoms with van der Waals surface area (Å²) in [6.07, 6.45) is 0.601. The third-order valence-corrected chi connectivity index (χ3v) is 7.96. The van der Waals surface area contributed by atoms with E-state index in [9.17, 15) is 8.42 Å². The van der Waals surface area contributed by atoms with E-state index in [1.807, 2.05) is 19.9 Å². The predicted octanol–water partition coefficient (Wildman–Crippen LogP) is 3.41. The fourth-order valence-electron chi connectivity index (χ4n) is 2.54. The number of ether oxygens (including phenoxy) is 1. The van der Waals surface area contributed by atoms with Gasteiger partial charge in [-0.25, -0.2) is 8.42 Å². The first kappa shape index (κ1) is 22.5. The van der Waals surface area contributed by atoms with Crippen molar-refractivity contribution in [1.82, 2.24) is 4.31 Å². The van der Waals surface area contributed by atoms with Crippen LogP contribution in [0.15, 0.2) is 39.5 Å². The van der Waals surface area contributed by atoms with E-state index in [1.165, 1.54) is 15.6 Å². The van der Waals surface area contributed by atoms with Crippen molar-refractivity contribution >= 4 is 44.6 Å². The van der Waals surface area contributed by atoms with Crippen LogP contribution in [0.3, 0.4) is 0 Å². The molecule has 0 saturated carbocycles. The maximum Gasteiger partial charge on any atom is 0.252 e. The van der Waals surface area contributed by atoms with Crippen LogP contribution in [0.2, 0.25) is 5.02 Å². The SMILES string of the molecule is CCN(CC)S(=O)(=O)c1ccc(CCN=C(N)Nc2ccc(OC)c(Cl)c2)s1. The molecular formula is C18H25ClN4O3S2. The second-order valence-electron chi connectivity index (χ2n) is 5.80. The number of nitrogens with one attached hydrogen (secondary N) is 1. The molecule has 1 aromatic heterocycles. The van der Waals surface area contributed by atoms with Crippen molar-refractivity contribution in [2.75, 3.05) is 32.1 Å². The highest BCUT2D eigenvalue weighted by Crippen LogP contribution is 2.27. The molecule has 0 aliphatic carbocycles. The fraction of sp³-hybridized carbons (Fsp3) is 0.389. The van der Waals surface area contributed by atoms with E-state index < -0.39 is 10.0 Å². The summed E-state index contributed by atoms with van der Waals surface area (Å²) in [5.41, 5.74) is 6.61. The number of hydrogen-bond donors (Lipinski definition) is 2. The van der Waals surface area contributed by atoms with Crippen molar-refractivity contribution < 1.29 is 13.2 Å². The molecule has 10 heteroatoms. The van der Waals surface area contributed by atoms with Crippen LogP contribution in [-0.2, 0) is 16.4 Å². The summed E-state index contributed by atoms with van der Waals surface area (Å²) in [5.74, 6) is 0.838. The highest BCUT2D eigenvalue weighted by molar-refractivity contribution is 7.91. The summed E-state index contributed by atoms with van der Waals surface area (Å²) >= 11 is 7.35. The molecule has 0 amide bonds. The Labute approximate surface area is 175 Å². The van der Waals surface area contributed by atoms with E-state index in [0.29, 0.717) is 46.7 Å². The van der Waals surface area contributed by atoms with Gasteiger partial charge < -0.3 is 15.8 Å². The molecule has 0 unspecified atom stereocenters. The molecule has 0 fully saturated rings. The Morgan fingerprint density at radius 2 is 2.00 bits per heavy atom. The summed E-state index contributed by atoms with van der Waals surface area (Å²) in [4.78, 5) is 5.22. The Hall–Kier alpha value is -1.81. The van der Waals surface area contributed by atoms with Gasteiger partial charge in [0.1, 0.15) is 9.96 Å². The zero-order valence-electron chi connectivity index (χ0n) is 16.1. The number of methoxy groups -OCH3 is 1. The highest BCUT2D eigenvalue weighted by Gasteiger charge is 2.23. The lowest BCUT2D eigenvalue weighted by atomic mass is 10.3. The van der Waals surface area contributed by atoms with Crippen LogP contribution in [0, 0.1) is 0 Å². The van der Waals surface area contributed by atoms with Gasteiger partial charge in [0.2, 0.25) is 0 Å². The number of thiophene rings is 1. The van der Waals surface area contributed by atoms with Crippen LogP contribution in [0.1, 0.15) is 18.7 Å². The molecule has 2 aromatic rings. The first-order valence-corrected chi connectivity index (χ1v) is 11.4. The predicted molar refractivity (Wildman–Crippen MR) is 116 cm³/mol. The molecule has 0 saturated heterocycles. The standard InChI is InChI=1S/C18H25ClN4O3S2/c1-4-23(5-2)28(24,25)17-9-7-14(27-17)10-11-21-18(20)22-13-6-8-16(26-3)15(19)12-13/h6-9,12H,4-5,10-11H2,1-3H3,(H3,20,21,22). The Kier molecular flexibility index (Phi) is 8.11. The van der Waals surface area contributed by atoms with E-state index >= 15 is 0 Å². The smallest absolute Gasteiger partial charge is 0.252 e. The second kappa shape index (κ2) is 10.1. The summed E-state index contributed by atoms with van der Waals surface area (Å²) in [7, 11) is -1.87. The van der Waals surface area contributed by atoms with Gasteiger partial charge in [0, 0.05) is 36.6 Å². The van der Waals surface area contributed by atoms with Crippen molar-refractivity contribution in [3.8, 4) is 5.75 Å². The summed E-state index contributed by atoms with van der Waals surface area (Å²) < 4.78 is 32.0. The Morgan fingerprint density at radius 1 is 1.29 bits per heavy atom. The lowest BCUT2D eigenvalue weighted by Gasteiger charge is -2.16. The lowest BCUT2D eigenvalue weighted by molar-refractivity contribution is 0.415. The largest absolute Gasteiger partial charge is 0.495 e. The molecule has 7 nitrogen and oxygen atoms in total. The minimum absolute atomic E-state index is 0.258. The topological polar surface area (TPSA) is 97.0 Å². The third kappa shape index (κ3) is 5.60. The number of guanidine groups is 1. The minimum Gasteiger partial charge on any atom is -0.495 e. The zero-order valence-corrected chi connectivity index (χ0v) is 18.5. The van der Waals surface area contributed by atoms with Crippen LogP contribution in [0.25, 0.3) is 0 Å². The summed E-state index contributed by atoms with van der Waals surface area (Å²) in [5, 5.41) is 3.44. The molecule has 0 atom stereocenters. The maximum absolute atomic E-state index is 12.5. The first-order chi connectivity index (χ1) is 13.3. The van der Waals surface area contributed by atoms with Crippen molar-refractivity contribution in [1.29, 1.82) is 0 Å². The minimum atomic E-state index is -3.42. The van der Waals surface area contributed by atoms with Crippen LogP contribution in [0.5, 0.6) is 5.75 Å². The molecule has 0 aliphatic heterocycles. The number of halogens is 1. The average molecular weight is 445 g/mol. The summed E-state index contributed by atoms with van der Waals surface area (Å²) in [6, 6.07) is 8.70. The number of anilines is 1. The number of nitrogens with zero attached hydrogens (tertiary/aromatic N) is 2. The molecule has 28 heavy (non-hydrogen) atoms. The molecule has 1 aromatic carbocycles. The Balaban J connectivity index is 1.96. The zero-order chi connectivity index (χ0) is 20.7. The van der Waals surface area contributed by atoms with Crippen LogP contribution in [0.4, 0.5) is 5.69 Å². The quantitative estimate of drug-likeness (QED) is 0.456. The third-order valence-electron chi connectivity index (χ3n) is 4.00. The molecule has 0 bridgehead atoms. The van der Waals surface area contributed by atoms with Gasteiger partial charge >= 0.3 is 0 Å². The van der Waals surface area contributed by atoms with E-state index in [-0.39, 0.29) is 5.96 Å². The Morgan fingerprint density at radius 3 is 2.61 bits per heavy atom. The van der Waals surface area contributed by atoms with Gasteiger partial charge in [-0.1, -0.05) is 25.4 Å². The molecule has 154 valence electrons. The first-order valence-electron chi connectivity index (χ1n) is 8.81. The fourth-order valence-corrected chi connectivity index (χ4v) is 5.75. The van der Waals surface area contributed by atoms with Crippen LogP contribution in [-0.4, -0.2) is 45.4 Å². The van der Waals surface area contributed by atoms with Gasteiger partial charge in [-0.3, -0.25) is 4.99 Å². The maximum atomic E-state index is 12.5. The normalized spacial score (nSPS) is 12.4. The number of rotatable bonds is 9. The van der Waals surface area contributed by atoms with Gasteiger partial charge in [0.25, 0.3) is 10.0 Å². The van der Waals surface area contributed by atoms with Crippen LogP contribution >= 0.6 is 22.9 Å². The van der Waals surface area contributed by atoms with E-state index in [1.54, 1.807) is 31.4 Å². The molecule has 3 N–H and O–H groups in total. The highest BCUT2D eigenvalue weighted by atomic mass is 35.5. The Bertz CT molecular complexity index is 925. The number of nitrogens with two attached hydrogens (primary N) is 1. The van der Waals surface area contributed by atoms with Gasteiger partial charge in [-0.05, 0) is 30.3 Å². The molecule has 0 aliphatic rings. The number of aliphatic imine (C=N–C) groups is 1. The van der Waals surface area contributed by atoms with Crippen molar-refractivity contribution in [3.05, 3.63) is 40.2 Å². The van der Waals surface area contributed by atoms with Crippen molar-refractivity contribution in [2.45, 2.75) is 24.5 Å². The molecule has 0 radical (unpaired) electrons. The van der Waals surface area contributed by atoms with Crippen molar-refractivity contribution in [3.63, 3.8) is 0 Å². The van der Waals surface area contributed by atoms with Gasteiger partial charge in [0.15, 0.2) is 5.96 Å². The lowest BCUT2D eigenvalue weighted by Crippen LogP contribution is -2.29. The monoisotopic (exact) mass is 444 g/mol. The van der Waals surface area contributed by atoms with Crippen LogP contribution < -0.4 is 15.8 Å². The van der Waals surface area contributed by atoms with E-state index in [4.69, 9.17) is 22.1 Å². The van der Waals surface area contributed by atoms with Gasteiger partial charge in [0.05, 0.1) is 12.1 Å². The van der Waals surface area contributed by atoms with Gasteiger partial charge in [-0.2, -0.15) is 4.31 Å². The molecule has 2 rings (SSSR count). The number of sulfonamides is 1. The van der Waals surface area contributed by atoms with E-state index in [2.05, 4.69) is 10.3 Å². The van der Waals surface area contributed by atoms with Crippen molar-refractivity contribution in [2.24, 2.45) is 10.7 Å². The molecule has 1 heterocycles. The average Bonchev–Trinajstić information content (AvgIpc) is 3.12. The molecular weight excluding hydrogens is 420 g/mol. The summed E-state index contributed by atoms with van der Waals surface area (Å²) in [6.45, 7) is 5.00.